The Balaban J connectivity index is 2.10. The van der Waals surface area contributed by atoms with Gasteiger partial charge in [-0.1, -0.05) is 19.9 Å². The Hall–Kier alpha value is -1.58. The fourth-order valence-corrected chi connectivity index (χ4v) is 4.21. The van der Waals surface area contributed by atoms with Crippen molar-refractivity contribution in [2.75, 3.05) is 6.54 Å². The SMILES string of the molecule is CCC(C)c1ccc2[nH]c(-c3cc(C)cs3)c(CCCCN)c2c1. The van der Waals surface area contributed by atoms with Crippen LogP contribution in [-0.4, -0.2) is 11.5 Å². The number of unbranched alkanes of at least 4 members (excludes halogenated alkanes) is 1. The van der Waals surface area contributed by atoms with Crippen LogP contribution in [0.4, 0.5) is 0 Å². The second kappa shape index (κ2) is 7.54. The molecule has 0 aliphatic rings. The monoisotopic (exact) mass is 340 g/mol. The molecule has 0 spiro atoms. The highest BCUT2D eigenvalue weighted by Gasteiger charge is 2.15. The summed E-state index contributed by atoms with van der Waals surface area (Å²) in [7, 11) is 0. The van der Waals surface area contributed by atoms with Gasteiger partial charge in [0.1, 0.15) is 0 Å². The number of nitrogens with two attached hydrogens (primary N) is 1. The van der Waals surface area contributed by atoms with Crippen LogP contribution in [0.1, 0.15) is 55.7 Å². The average Bonchev–Trinajstić information content (AvgIpc) is 3.17. The van der Waals surface area contributed by atoms with E-state index in [1.54, 1.807) is 0 Å². The summed E-state index contributed by atoms with van der Waals surface area (Å²) in [6.07, 6.45) is 4.50. The highest BCUT2D eigenvalue weighted by atomic mass is 32.1. The Morgan fingerprint density at radius 1 is 1.21 bits per heavy atom. The Morgan fingerprint density at radius 3 is 2.71 bits per heavy atom. The molecule has 0 amide bonds. The zero-order valence-electron chi connectivity index (χ0n) is 15.0. The number of hydrogen-bond donors (Lipinski definition) is 2. The van der Waals surface area contributed by atoms with Crippen molar-refractivity contribution in [3.63, 3.8) is 0 Å². The topological polar surface area (TPSA) is 41.8 Å². The number of benzene rings is 1. The molecular weight excluding hydrogens is 312 g/mol. The molecule has 3 aromatic rings. The summed E-state index contributed by atoms with van der Waals surface area (Å²) >= 11 is 1.83. The summed E-state index contributed by atoms with van der Waals surface area (Å²) in [5.41, 5.74) is 12.5. The molecule has 1 aromatic carbocycles. The number of aromatic amines is 1. The van der Waals surface area contributed by atoms with E-state index in [0.29, 0.717) is 5.92 Å². The van der Waals surface area contributed by atoms with Crippen LogP contribution in [0.3, 0.4) is 0 Å². The van der Waals surface area contributed by atoms with Crippen LogP contribution in [0, 0.1) is 6.92 Å². The van der Waals surface area contributed by atoms with Crippen LogP contribution in [0.2, 0.25) is 0 Å². The third-order valence-corrected chi connectivity index (χ3v) is 6.03. The molecule has 0 aliphatic carbocycles. The number of H-pyrrole nitrogens is 1. The van der Waals surface area contributed by atoms with Crippen LogP contribution in [0.15, 0.2) is 29.6 Å². The van der Waals surface area contributed by atoms with Gasteiger partial charge in [0.25, 0.3) is 0 Å². The van der Waals surface area contributed by atoms with Crippen LogP contribution in [0.5, 0.6) is 0 Å². The van der Waals surface area contributed by atoms with Crippen LogP contribution in [0.25, 0.3) is 21.5 Å². The van der Waals surface area contributed by atoms with E-state index in [1.807, 2.05) is 11.3 Å². The van der Waals surface area contributed by atoms with E-state index in [2.05, 4.69) is 55.4 Å². The van der Waals surface area contributed by atoms with Gasteiger partial charge >= 0.3 is 0 Å². The second-order valence-electron chi connectivity index (χ2n) is 6.83. The Bertz CT molecular complexity index is 812. The summed E-state index contributed by atoms with van der Waals surface area (Å²) in [4.78, 5) is 5.03. The average molecular weight is 341 g/mol. The maximum absolute atomic E-state index is 5.71. The summed E-state index contributed by atoms with van der Waals surface area (Å²) in [5, 5.41) is 3.63. The summed E-state index contributed by atoms with van der Waals surface area (Å²) in [6.45, 7) is 7.51. The van der Waals surface area contributed by atoms with Gasteiger partial charge in [-0.25, -0.2) is 0 Å². The van der Waals surface area contributed by atoms with E-state index in [4.69, 9.17) is 5.73 Å². The molecule has 3 N–H and O–H groups in total. The lowest BCUT2D eigenvalue weighted by atomic mass is 9.95. The van der Waals surface area contributed by atoms with Gasteiger partial charge in [0.05, 0.1) is 10.6 Å². The smallest absolute Gasteiger partial charge is 0.0598 e. The van der Waals surface area contributed by atoms with Gasteiger partial charge in [0.2, 0.25) is 0 Å². The van der Waals surface area contributed by atoms with Gasteiger partial charge in [0.15, 0.2) is 0 Å². The number of thiophene rings is 1. The molecule has 0 bridgehead atoms. The first-order valence-electron chi connectivity index (χ1n) is 9.04. The first-order valence-corrected chi connectivity index (χ1v) is 9.92. The molecule has 3 rings (SSSR count). The number of rotatable bonds is 7. The maximum Gasteiger partial charge on any atom is 0.0598 e. The van der Waals surface area contributed by atoms with Gasteiger partial charge in [-0.05, 0) is 85.3 Å². The molecule has 2 aromatic heterocycles. The van der Waals surface area contributed by atoms with E-state index < -0.39 is 0 Å². The van der Waals surface area contributed by atoms with Crippen molar-refractivity contribution in [1.29, 1.82) is 0 Å². The van der Waals surface area contributed by atoms with E-state index >= 15 is 0 Å². The van der Waals surface area contributed by atoms with Gasteiger partial charge in [-0.2, -0.15) is 0 Å². The fraction of sp³-hybridized carbons (Fsp3) is 0.429. The van der Waals surface area contributed by atoms with Crippen LogP contribution < -0.4 is 5.73 Å². The van der Waals surface area contributed by atoms with Crippen molar-refractivity contribution in [1.82, 2.24) is 4.98 Å². The molecule has 0 aliphatic heterocycles. The third-order valence-electron chi connectivity index (χ3n) is 4.97. The molecule has 0 fully saturated rings. The Morgan fingerprint density at radius 2 is 2.04 bits per heavy atom. The number of aryl methyl sites for hydroxylation is 2. The summed E-state index contributed by atoms with van der Waals surface area (Å²) < 4.78 is 0. The number of nitrogens with one attached hydrogen (secondary N) is 1. The molecule has 24 heavy (non-hydrogen) atoms. The van der Waals surface area contributed by atoms with Gasteiger partial charge in [-0.15, -0.1) is 11.3 Å². The van der Waals surface area contributed by atoms with E-state index in [0.717, 1.165) is 25.8 Å². The number of hydrogen-bond acceptors (Lipinski definition) is 2. The quantitative estimate of drug-likeness (QED) is 0.509. The lowest BCUT2D eigenvalue weighted by Gasteiger charge is -2.09. The number of aromatic nitrogens is 1. The summed E-state index contributed by atoms with van der Waals surface area (Å²) in [5.74, 6) is 0.605. The van der Waals surface area contributed by atoms with Crippen molar-refractivity contribution in [2.24, 2.45) is 5.73 Å². The molecule has 0 saturated carbocycles. The molecule has 2 nitrogen and oxygen atoms in total. The zero-order valence-corrected chi connectivity index (χ0v) is 15.8. The minimum atomic E-state index is 0.605. The lowest BCUT2D eigenvalue weighted by Crippen LogP contribution is -1.99. The highest BCUT2D eigenvalue weighted by Crippen LogP contribution is 2.36. The van der Waals surface area contributed by atoms with Crippen molar-refractivity contribution in [3.05, 3.63) is 46.3 Å². The molecular formula is C21H28N2S. The predicted octanol–water partition coefficient (Wildman–Crippen LogP) is 6.00. The van der Waals surface area contributed by atoms with Crippen molar-refractivity contribution in [3.8, 4) is 10.6 Å². The highest BCUT2D eigenvalue weighted by molar-refractivity contribution is 7.13. The first kappa shape index (κ1) is 17.2. The van der Waals surface area contributed by atoms with Gasteiger partial charge in [-0.3, -0.25) is 0 Å². The summed E-state index contributed by atoms with van der Waals surface area (Å²) in [6, 6.07) is 9.23. The third kappa shape index (κ3) is 3.42. The Labute approximate surface area is 149 Å². The molecule has 2 heterocycles. The lowest BCUT2D eigenvalue weighted by molar-refractivity contribution is 0.734. The van der Waals surface area contributed by atoms with Gasteiger partial charge in [0, 0.05) is 10.9 Å². The zero-order chi connectivity index (χ0) is 17.1. The number of fused-ring (bicyclic) bond motifs is 1. The van der Waals surface area contributed by atoms with Crippen molar-refractivity contribution < 1.29 is 0 Å². The van der Waals surface area contributed by atoms with Crippen molar-refractivity contribution >= 4 is 22.2 Å². The van der Waals surface area contributed by atoms with Gasteiger partial charge < -0.3 is 10.7 Å². The van der Waals surface area contributed by atoms with E-state index in [-0.39, 0.29) is 0 Å². The second-order valence-corrected chi connectivity index (χ2v) is 7.74. The molecule has 1 unspecified atom stereocenters. The standard InChI is InChI=1S/C21H28N2S/c1-4-15(3)16-8-9-19-18(12-16)17(7-5-6-10-22)21(23-19)20-11-14(2)13-24-20/h8-9,11-13,15,23H,4-7,10,22H2,1-3H3. The molecule has 3 heteroatoms. The minimum absolute atomic E-state index is 0.605. The minimum Gasteiger partial charge on any atom is -0.354 e. The predicted molar refractivity (Wildman–Crippen MR) is 107 cm³/mol. The molecule has 0 radical (unpaired) electrons. The normalized spacial score (nSPS) is 12.8. The van der Waals surface area contributed by atoms with Crippen LogP contribution in [-0.2, 0) is 6.42 Å². The van der Waals surface area contributed by atoms with Crippen molar-refractivity contribution in [2.45, 2.75) is 52.4 Å². The molecule has 128 valence electrons. The maximum atomic E-state index is 5.71. The first-order chi connectivity index (χ1) is 11.6. The fourth-order valence-electron chi connectivity index (χ4n) is 3.29. The van der Waals surface area contributed by atoms with E-state index in [9.17, 15) is 0 Å². The van der Waals surface area contributed by atoms with Crippen LogP contribution >= 0.6 is 11.3 Å². The molecule has 1 atom stereocenters. The Kier molecular flexibility index (Phi) is 5.42. The van der Waals surface area contributed by atoms with E-state index in [1.165, 1.54) is 44.6 Å². The largest absolute Gasteiger partial charge is 0.354 e. The molecule has 0 saturated heterocycles.